The molecule has 25 heavy (non-hydrogen) atoms. The highest BCUT2D eigenvalue weighted by atomic mass is 127. The maximum Gasteiger partial charge on any atom is 0.251 e. The zero-order valence-corrected chi connectivity index (χ0v) is 16.2. The fraction of sp³-hybridized carbons (Fsp3) is 0.150. The lowest BCUT2D eigenvalue weighted by Crippen LogP contribution is -2.27. The predicted molar refractivity (Wildman–Crippen MR) is 107 cm³/mol. The van der Waals surface area contributed by atoms with E-state index in [0.717, 1.165) is 20.4 Å². The number of aromatic nitrogens is 2. The molecular formula is C20H18IN3O. The van der Waals surface area contributed by atoms with Gasteiger partial charge < -0.3 is 5.32 Å². The lowest BCUT2D eigenvalue weighted by molar-refractivity contribution is 0.0939. The van der Waals surface area contributed by atoms with E-state index in [1.807, 2.05) is 19.1 Å². The first-order valence-corrected chi connectivity index (χ1v) is 9.05. The van der Waals surface area contributed by atoms with E-state index in [2.05, 4.69) is 75.1 Å². The fourth-order valence-electron chi connectivity index (χ4n) is 2.52. The molecule has 0 saturated heterocycles. The number of amides is 1. The molecule has 0 spiro atoms. The molecule has 3 aromatic rings. The summed E-state index contributed by atoms with van der Waals surface area (Å²) in [7, 11) is 0. The van der Waals surface area contributed by atoms with E-state index < -0.39 is 0 Å². The summed E-state index contributed by atoms with van der Waals surface area (Å²) in [6.07, 6.45) is 4.90. The largest absolute Gasteiger partial charge is 0.344 e. The molecule has 0 radical (unpaired) electrons. The zero-order chi connectivity index (χ0) is 17.8. The summed E-state index contributed by atoms with van der Waals surface area (Å²) in [6.45, 7) is 3.96. The van der Waals surface area contributed by atoms with Crippen molar-refractivity contribution >= 4 is 28.5 Å². The third-order valence-corrected chi connectivity index (χ3v) is 4.54. The first-order valence-electron chi connectivity index (χ1n) is 7.97. The molecule has 0 fully saturated rings. The summed E-state index contributed by atoms with van der Waals surface area (Å²) in [5, 5.41) is 2.98. The number of carbonyl (C=O) groups excluding carboxylic acids is 1. The van der Waals surface area contributed by atoms with Gasteiger partial charge in [0.1, 0.15) is 0 Å². The third kappa shape index (κ3) is 4.42. The number of aryl methyl sites for hydroxylation is 1. The normalized spacial score (nSPS) is 11.8. The highest BCUT2D eigenvalue weighted by Crippen LogP contribution is 2.24. The third-order valence-electron chi connectivity index (χ3n) is 3.92. The van der Waals surface area contributed by atoms with Crippen molar-refractivity contribution < 1.29 is 4.79 Å². The van der Waals surface area contributed by atoms with Gasteiger partial charge in [-0.15, -0.1) is 0 Å². The molecule has 0 aliphatic rings. The van der Waals surface area contributed by atoms with Crippen molar-refractivity contribution in [3.05, 3.63) is 81.4 Å². The molecule has 1 atom stereocenters. The molecular weight excluding hydrogens is 425 g/mol. The zero-order valence-electron chi connectivity index (χ0n) is 14.0. The maximum atomic E-state index is 12.7. The molecule has 5 heteroatoms. The molecule has 1 amide bonds. The molecule has 0 unspecified atom stereocenters. The van der Waals surface area contributed by atoms with Gasteiger partial charge in [-0.1, -0.05) is 29.8 Å². The highest BCUT2D eigenvalue weighted by Gasteiger charge is 2.14. The van der Waals surface area contributed by atoms with Crippen molar-refractivity contribution in [1.29, 1.82) is 0 Å². The smallest absolute Gasteiger partial charge is 0.251 e. The molecule has 1 aromatic heterocycles. The number of halogens is 1. The van der Waals surface area contributed by atoms with E-state index in [0.29, 0.717) is 5.56 Å². The van der Waals surface area contributed by atoms with Crippen LogP contribution in [0, 0.1) is 10.5 Å². The topological polar surface area (TPSA) is 54.9 Å². The van der Waals surface area contributed by atoms with E-state index in [-0.39, 0.29) is 11.9 Å². The summed E-state index contributed by atoms with van der Waals surface area (Å²) in [5.74, 6) is -0.120. The van der Waals surface area contributed by atoms with Crippen molar-refractivity contribution in [2.75, 3.05) is 0 Å². The monoisotopic (exact) mass is 443 g/mol. The Morgan fingerprint density at radius 2 is 1.84 bits per heavy atom. The van der Waals surface area contributed by atoms with Crippen molar-refractivity contribution in [1.82, 2.24) is 15.3 Å². The first kappa shape index (κ1) is 17.5. The molecule has 0 bridgehead atoms. The number of hydrogen-bond donors (Lipinski definition) is 1. The van der Waals surface area contributed by atoms with E-state index in [4.69, 9.17) is 0 Å². The number of rotatable bonds is 4. The van der Waals surface area contributed by atoms with Crippen molar-refractivity contribution in [3.63, 3.8) is 0 Å². The quantitative estimate of drug-likeness (QED) is 0.603. The van der Waals surface area contributed by atoms with E-state index in [1.165, 1.54) is 5.56 Å². The molecule has 0 aliphatic heterocycles. The van der Waals surface area contributed by atoms with Crippen LogP contribution in [0.15, 0.2) is 61.1 Å². The van der Waals surface area contributed by atoms with Crippen LogP contribution >= 0.6 is 22.6 Å². The Labute approximate surface area is 160 Å². The van der Waals surface area contributed by atoms with Crippen LogP contribution in [0.5, 0.6) is 0 Å². The maximum absolute atomic E-state index is 12.7. The Hall–Kier alpha value is -2.28. The van der Waals surface area contributed by atoms with Gasteiger partial charge in [0.2, 0.25) is 0 Å². The Morgan fingerprint density at radius 1 is 1.08 bits per heavy atom. The van der Waals surface area contributed by atoms with Gasteiger partial charge in [-0.3, -0.25) is 14.8 Å². The summed E-state index contributed by atoms with van der Waals surface area (Å²) < 4.78 is 1.02. The van der Waals surface area contributed by atoms with Crippen LogP contribution in [0.2, 0.25) is 0 Å². The standard InChI is InChI=1S/C20H18IN3O/c1-13-3-5-15(6-4-13)16-9-17(11-18(21)10-16)20(25)24-14(2)19-12-22-7-8-23-19/h3-12,14H,1-2H3,(H,24,25)/t14-/m0/s1. The van der Waals surface area contributed by atoms with Gasteiger partial charge in [0.05, 0.1) is 17.9 Å². The minimum atomic E-state index is -0.207. The van der Waals surface area contributed by atoms with Crippen molar-refractivity contribution in [2.24, 2.45) is 0 Å². The summed E-state index contributed by atoms with van der Waals surface area (Å²) in [5.41, 5.74) is 4.72. The second-order valence-corrected chi connectivity index (χ2v) is 7.17. The van der Waals surface area contributed by atoms with Gasteiger partial charge in [0.15, 0.2) is 0 Å². The van der Waals surface area contributed by atoms with Gasteiger partial charge in [-0.2, -0.15) is 0 Å². The van der Waals surface area contributed by atoms with Crippen LogP contribution in [-0.2, 0) is 0 Å². The number of carbonyl (C=O) groups is 1. The molecule has 126 valence electrons. The molecule has 1 heterocycles. The first-order chi connectivity index (χ1) is 12.0. The average molecular weight is 443 g/mol. The number of nitrogens with one attached hydrogen (secondary N) is 1. The van der Waals surface area contributed by atoms with E-state index >= 15 is 0 Å². The number of hydrogen-bond acceptors (Lipinski definition) is 3. The van der Waals surface area contributed by atoms with E-state index in [9.17, 15) is 4.79 Å². The number of nitrogens with zero attached hydrogens (tertiary/aromatic N) is 2. The molecule has 0 saturated carbocycles. The van der Waals surface area contributed by atoms with Gasteiger partial charge in [0, 0.05) is 21.5 Å². The Bertz CT molecular complexity index is 879. The fourth-order valence-corrected chi connectivity index (χ4v) is 3.19. The van der Waals surface area contributed by atoms with Crippen LogP contribution in [0.4, 0.5) is 0 Å². The van der Waals surface area contributed by atoms with Crippen LogP contribution in [0.25, 0.3) is 11.1 Å². The second kappa shape index (κ2) is 7.74. The minimum absolute atomic E-state index is 0.120. The van der Waals surface area contributed by atoms with Crippen LogP contribution < -0.4 is 5.32 Å². The Kier molecular flexibility index (Phi) is 5.43. The number of benzene rings is 2. The summed E-state index contributed by atoms with van der Waals surface area (Å²) >= 11 is 2.24. The van der Waals surface area contributed by atoms with Crippen molar-refractivity contribution in [3.8, 4) is 11.1 Å². The molecule has 3 rings (SSSR count). The molecule has 2 aromatic carbocycles. The second-order valence-electron chi connectivity index (χ2n) is 5.92. The lowest BCUT2D eigenvalue weighted by Gasteiger charge is -2.14. The lowest BCUT2D eigenvalue weighted by atomic mass is 10.0. The SMILES string of the molecule is Cc1ccc(-c2cc(I)cc(C(=O)N[C@@H](C)c3cnccn3)c2)cc1. The van der Waals surface area contributed by atoms with Crippen molar-refractivity contribution in [2.45, 2.75) is 19.9 Å². The highest BCUT2D eigenvalue weighted by molar-refractivity contribution is 14.1. The van der Waals surface area contributed by atoms with Crippen LogP contribution in [0.1, 0.15) is 34.6 Å². The van der Waals surface area contributed by atoms with Gasteiger partial charge >= 0.3 is 0 Å². The Balaban J connectivity index is 1.84. The van der Waals surface area contributed by atoms with Crippen LogP contribution in [-0.4, -0.2) is 15.9 Å². The summed E-state index contributed by atoms with van der Waals surface area (Å²) in [4.78, 5) is 20.9. The van der Waals surface area contributed by atoms with Gasteiger partial charge in [0.25, 0.3) is 5.91 Å². The van der Waals surface area contributed by atoms with Gasteiger partial charge in [-0.25, -0.2) is 0 Å². The average Bonchev–Trinajstić information content (AvgIpc) is 2.62. The molecule has 4 nitrogen and oxygen atoms in total. The van der Waals surface area contributed by atoms with Gasteiger partial charge in [-0.05, 0) is 65.8 Å². The Morgan fingerprint density at radius 3 is 2.52 bits per heavy atom. The predicted octanol–water partition coefficient (Wildman–Crippen LogP) is 4.55. The molecule has 1 N–H and O–H groups in total. The van der Waals surface area contributed by atoms with E-state index in [1.54, 1.807) is 18.6 Å². The summed E-state index contributed by atoms with van der Waals surface area (Å²) in [6, 6.07) is 14.0. The molecule has 0 aliphatic carbocycles. The minimum Gasteiger partial charge on any atom is -0.344 e. The van der Waals surface area contributed by atoms with Crippen LogP contribution in [0.3, 0.4) is 0 Å².